The fourth-order valence-corrected chi connectivity index (χ4v) is 0.910. The summed E-state index contributed by atoms with van der Waals surface area (Å²) in [6, 6.07) is -0.776. The van der Waals surface area contributed by atoms with Crippen molar-refractivity contribution < 1.29 is 9.90 Å². The maximum absolute atomic E-state index is 10.1. The number of rotatable bonds is 4. The highest BCUT2D eigenvalue weighted by molar-refractivity contribution is 8.03. The van der Waals surface area contributed by atoms with Gasteiger partial charge in [0.2, 0.25) is 0 Å². The molecule has 0 saturated heterocycles. The van der Waals surface area contributed by atoms with Crippen molar-refractivity contribution in [3.8, 4) is 0 Å². The van der Waals surface area contributed by atoms with Crippen molar-refractivity contribution >= 4 is 17.7 Å². The second kappa shape index (κ2) is 4.35. The molecule has 0 radical (unpaired) electrons. The smallest absolute Gasteiger partial charge is 0.321 e. The molecule has 0 rings (SSSR count). The van der Waals surface area contributed by atoms with Crippen molar-refractivity contribution in [2.45, 2.75) is 13.0 Å². The molecule has 0 amide bonds. The van der Waals surface area contributed by atoms with Crippen LogP contribution in [0.1, 0.15) is 6.92 Å². The van der Waals surface area contributed by atoms with Crippen molar-refractivity contribution in [1.29, 1.82) is 0 Å². The molecule has 10 heavy (non-hydrogen) atoms. The van der Waals surface area contributed by atoms with Crippen LogP contribution in [0.4, 0.5) is 0 Å². The Labute approximate surface area is 64.3 Å². The van der Waals surface area contributed by atoms with E-state index in [2.05, 4.69) is 6.58 Å². The number of allylic oxidation sites excluding steroid dienone is 1. The van der Waals surface area contributed by atoms with Crippen LogP contribution in [0.2, 0.25) is 0 Å². The molecular weight excluding hydrogens is 150 g/mol. The Balaban J connectivity index is 3.49. The summed E-state index contributed by atoms with van der Waals surface area (Å²) in [4.78, 5) is 11.0. The molecule has 0 fully saturated rings. The number of carbonyl (C=O) groups is 1. The highest BCUT2D eigenvalue weighted by Gasteiger charge is 2.10. The molecule has 58 valence electrons. The van der Waals surface area contributed by atoms with Crippen molar-refractivity contribution in [2.75, 3.05) is 5.75 Å². The Morgan fingerprint density at radius 2 is 2.40 bits per heavy atom. The molecule has 3 nitrogen and oxygen atoms in total. The first-order valence-electron chi connectivity index (χ1n) is 2.80. The number of aliphatic carboxylic acids is 1. The van der Waals surface area contributed by atoms with Gasteiger partial charge in [0.15, 0.2) is 0 Å². The number of thioether (sulfide) groups is 1. The Morgan fingerprint density at radius 1 is 1.90 bits per heavy atom. The van der Waals surface area contributed by atoms with E-state index in [9.17, 15) is 4.79 Å². The molecule has 3 N–H and O–H groups in total. The van der Waals surface area contributed by atoms with Crippen molar-refractivity contribution in [3.63, 3.8) is 0 Å². The van der Waals surface area contributed by atoms with E-state index in [0.29, 0.717) is 5.75 Å². The van der Waals surface area contributed by atoms with Gasteiger partial charge in [0.1, 0.15) is 6.04 Å². The van der Waals surface area contributed by atoms with Gasteiger partial charge in [-0.3, -0.25) is 4.79 Å². The lowest BCUT2D eigenvalue weighted by Gasteiger charge is -2.03. The number of carboxylic acids is 1. The molecule has 1 atom stereocenters. The van der Waals surface area contributed by atoms with Crippen LogP contribution in [0.25, 0.3) is 0 Å². The van der Waals surface area contributed by atoms with E-state index in [1.54, 1.807) is 0 Å². The summed E-state index contributed by atoms with van der Waals surface area (Å²) in [5.74, 6) is -0.571. The van der Waals surface area contributed by atoms with Gasteiger partial charge in [0.05, 0.1) is 0 Å². The molecule has 0 aliphatic rings. The van der Waals surface area contributed by atoms with E-state index < -0.39 is 12.0 Å². The van der Waals surface area contributed by atoms with E-state index in [-0.39, 0.29) is 0 Å². The summed E-state index contributed by atoms with van der Waals surface area (Å²) < 4.78 is 0. The SMILES string of the molecule is C=C(C)SC[C@H](N)C(=O)O. The summed E-state index contributed by atoms with van der Waals surface area (Å²) in [6.07, 6.45) is 0. The van der Waals surface area contributed by atoms with Gasteiger partial charge in [-0.15, -0.1) is 11.8 Å². The maximum Gasteiger partial charge on any atom is 0.321 e. The minimum atomic E-state index is -0.964. The van der Waals surface area contributed by atoms with Gasteiger partial charge < -0.3 is 10.8 Å². The second-order valence-corrected chi connectivity index (χ2v) is 3.28. The number of hydrogen-bond donors (Lipinski definition) is 2. The molecule has 0 aromatic carbocycles. The summed E-state index contributed by atoms with van der Waals surface area (Å²) in [5.41, 5.74) is 5.20. The molecule has 0 heterocycles. The largest absolute Gasteiger partial charge is 0.480 e. The molecular formula is C6H11NO2S. The van der Waals surface area contributed by atoms with Gasteiger partial charge in [-0.05, 0) is 11.8 Å². The lowest BCUT2D eigenvalue weighted by atomic mass is 10.4. The van der Waals surface area contributed by atoms with Crippen molar-refractivity contribution in [3.05, 3.63) is 11.5 Å². The third-order valence-electron chi connectivity index (χ3n) is 0.826. The summed E-state index contributed by atoms with van der Waals surface area (Å²) >= 11 is 1.37. The molecule has 0 bridgehead atoms. The zero-order valence-electron chi connectivity index (χ0n) is 5.83. The van der Waals surface area contributed by atoms with Crippen LogP contribution < -0.4 is 5.73 Å². The predicted molar refractivity (Wildman–Crippen MR) is 42.9 cm³/mol. The number of carboxylic acid groups (broad SMARTS) is 1. The minimum Gasteiger partial charge on any atom is -0.480 e. The third-order valence-corrected chi connectivity index (χ3v) is 1.85. The molecule has 4 heteroatoms. The van der Waals surface area contributed by atoms with Crippen LogP contribution in [-0.4, -0.2) is 22.9 Å². The Kier molecular flexibility index (Phi) is 4.14. The van der Waals surface area contributed by atoms with Crippen molar-refractivity contribution in [1.82, 2.24) is 0 Å². The zero-order chi connectivity index (χ0) is 8.15. The molecule has 0 aliphatic carbocycles. The van der Waals surface area contributed by atoms with E-state index >= 15 is 0 Å². The fraction of sp³-hybridized carbons (Fsp3) is 0.500. The highest BCUT2D eigenvalue weighted by atomic mass is 32.2. The third kappa shape index (κ3) is 4.40. The number of nitrogens with two attached hydrogens (primary N) is 1. The van der Waals surface area contributed by atoms with Crippen LogP contribution in [0, 0.1) is 0 Å². The van der Waals surface area contributed by atoms with E-state index in [1.807, 2.05) is 6.92 Å². The van der Waals surface area contributed by atoms with E-state index in [4.69, 9.17) is 10.8 Å². The Morgan fingerprint density at radius 3 is 2.70 bits per heavy atom. The maximum atomic E-state index is 10.1. The number of hydrogen-bond acceptors (Lipinski definition) is 3. The highest BCUT2D eigenvalue weighted by Crippen LogP contribution is 2.11. The van der Waals surface area contributed by atoms with Crippen LogP contribution in [0.15, 0.2) is 11.5 Å². The van der Waals surface area contributed by atoms with Gasteiger partial charge in [-0.1, -0.05) is 6.58 Å². The fourth-order valence-electron chi connectivity index (χ4n) is 0.303. The lowest BCUT2D eigenvalue weighted by molar-refractivity contribution is -0.137. The Hall–Kier alpha value is -0.480. The van der Waals surface area contributed by atoms with Crippen LogP contribution >= 0.6 is 11.8 Å². The first-order chi connectivity index (χ1) is 4.54. The van der Waals surface area contributed by atoms with Gasteiger partial charge in [0, 0.05) is 5.75 Å². The first kappa shape index (κ1) is 9.52. The van der Waals surface area contributed by atoms with Crippen LogP contribution in [-0.2, 0) is 4.79 Å². The van der Waals surface area contributed by atoms with Gasteiger partial charge >= 0.3 is 5.97 Å². The molecule has 0 aromatic rings. The minimum absolute atomic E-state index is 0.394. The monoisotopic (exact) mass is 161 g/mol. The molecule has 0 aliphatic heterocycles. The average molecular weight is 161 g/mol. The normalized spacial score (nSPS) is 12.6. The first-order valence-corrected chi connectivity index (χ1v) is 3.79. The molecule has 0 spiro atoms. The van der Waals surface area contributed by atoms with Crippen LogP contribution in [0.5, 0.6) is 0 Å². The van der Waals surface area contributed by atoms with Crippen molar-refractivity contribution in [2.24, 2.45) is 5.73 Å². The predicted octanol–water partition coefficient (Wildman–Crippen LogP) is 0.665. The molecule has 0 unspecified atom stereocenters. The lowest BCUT2D eigenvalue weighted by Crippen LogP contribution is -2.32. The summed E-state index contributed by atoms with van der Waals surface area (Å²) in [5, 5.41) is 8.33. The van der Waals surface area contributed by atoms with Crippen LogP contribution in [0.3, 0.4) is 0 Å². The summed E-state index contributed by atoms with van der Waals surface area (Å²) in [7, 11) is 0. The summed E-state index contributed by atoms with van der Waals surface area (Å²) in [6.45, 7) is 5.42. The molecule has 0 aromatic heterocycles. The second-order valence-electron chi connectivity index (χ2n) is 1.96. The van der Waals surface area contributed by atoms with Gasteiger partial charge in [-0.2, -0.15) is 0 Å². The standard InChI is InChI=1S/C6H11NO2S/c1-4(2)10-3-5(7)6(8)9/h5H,1,3,7H2,2H3,(H,8,9)/t5-/m0/s1. The zero-order valence-corrected chi connectivity index (χ0v) is 6.65. The van der Waals surface area contributed by atoms with Gasteiger partial charge in [-0.25, -0.2) is 0 Å². The Bertz CT molecular complexity index is 147. The average Bonchev–Trinajstić information content (AvgIpc) is 1.82. The van der Waals surface area contributed by atoms with Gasteiger partial charge in [0.25, 0.3) is 0 Å². The topological polar surface area (TPSA) is 63.3 Å². The van der Waals surface area contributed by atoms with E-state index in [0.717, 1.165) is 4.91 Å². The molecule has 0 saturated carbocycles. The van der Waals surface area contributed by atoms with E-state index in [1.165, 1.54) is 11.8 Å². The quantitative estimate of drug-likeness (QED) is 0.636.